The average Bonchev–Trinajstić information content (AvgIpc) is 2.31. The molecule has 0 fully saturated rings. The highest BCUT2D eigenvalue weighted by molar-refractivity contribution is 8.27. The van der Waals surface area contributed by atoms with Gasteiger partial charge in [-0.3, -0.25) is 4.55 Å². The summed E-state index contributed by atoms with van der Waals surface area (Å²) >= 11 is 5.86. The van der Waals surface area contributed by atoms with Gasteiger partial charge in [0.1, 0.15) is 5.75 Å². The van der Waals surface area contributed by atoms with E-state index in [2.05, 4.69) is 11.2 Å². The minimum absolute atomic E-state index is 0.287. The van der Waals surface area contributed by atoms with Crippen molar-refractivity contribution >= 4 is 32.0 Å². The van der Waals surface area contributed by atoms with Gasteiger partial charge in [-0.05, 0) is 36.4 Å². The molecule has 1 unspecified atom stereocenters. The van der Waals surface area contributed by atoms with Gasteiger partial charge < -0.3 is 4.18 Å². The van der Waals surface area contributed by atoms with Crippen LogP contribution in [0.15, 0.2) is 64.4 Å². The van der Waals surface area contributed by atoms with Crippen LogP contribution in [0.4, 0.5) is 0 Å². The van der Waals surface area contributed by atoms with Gasteiger partial charge in [-0.25, -0.2) is 0 Å². The van der Waals surface area contributed by atoms with E-state index in [1.54, 1.807) is 23.9 Å². The second kappa shape index (κ2) is 5.71. The Hall–Kier alpha value is -1.08. The van der Waals surface area contributed by atoms with Crippen LogP contribution >= 0.6 is 11.8 Å². The molecule has 0 aliphatic heterocycles. The van der Waals surface area contributed by atoms with Gasteiger partial charge in [0.2, 0.25) is 0 Å². The number of hydrogen-bond acceptors (Lipinski definition) is 4. The second-order valence-corrected chi connectivity index (χ2v) is 6.83. The molecule has 0 saturated carbocycles. The topological polar surface area (TPSA) is 46.5 Å². The van der Waals surface area contributed by atoms with Crippen molar-refractivity contribution in [2.24, 2.45) is 0 Å². The Bertz CT molecular complexity index is 607. The average molecular weight is 298 g/mol. The molecule has 0 aliphatic carbocycles. The molecule has 0 aliphatic rings. The molecule has 18 heavy (non-hydrogen) atoms. The Kier molecular flexibility index (Phi) is 4.23. The van der Waals surface area contributed by atoms with Gasteiger partial charge in [0.25, 0.3) is 0 Å². The fourth-order valence-corrected chi connectivity index (χ4v) is 2.74. The lowest BCUT2D eigenvalue weighted by atomic mass is 10.3. The fourth-order valence-electron chi connectivity index (χ4n) is 1.31. The van der Waals surface area contributed by atoms with Crippen molar-refractivity contribution in [1.82, 2.24) is 0 Å². The SMILES string of the molecule is O=S(O)(=S)Oc1ccc(Sc2ccccc2)cc1. The third-order valence-corrected chi connectivity index (χ3v) is 3.63. The Morgan fingerprint density at radius 3 is 2.11 bits per heavy atom. The quantitative estimate of drug-likeness (QED) is 0.938. The van der Waals surface area contributed by atoms with E-state index in [9.17, 15) is 4.21 Å². The number of hydrogen-bond donors (Lipinski definition) is 1. The fraction of sp³-hybridized carbons (Fsp3) is 0. The smallest absolute Gasteiger partial charge is 0.311 e. The maximum absolute atomic E-state index is 10.9. The Morgan fingerprint density at radius 1 is 1.00 bits per heavy atom. The summed E-state index contributed by atoms with van der Waals surface area (Å²) in [6.45, 7) is 0. The van der Waals surface area contributed by atoms with E-state index in [0.717, 1.165) is 9.79 Å². The zero-order chi connectivity index (χ0) is 13.0. The van der Waals surface area contributed by atoms with Crippen LogP contribution in [0.3, 0.4) is 0 Å². The largest absolute Gasteiger partial charge is 0.382 e. The summed E-state index contributed by atoms with van der Waals surface area (Å²) < 4.78 is 24.5. The standard InChI is InChI=1S/C12H10O3S3/c13-18(14,16)15-10-6-8-12(9-7-10)17-11-4-2-1-3-5-11/h1-9H,(H,13,14,16). The lowest BCUT2D eigenvalue weighted by molar-refractivity contribution is 0.454. The summed E-state index contributed by atoms with van der Waals surface area (Å²) in [5.74, 6) is 0.287. The summed E-state index contributed by atoms with van der Waals surface area (Å²) in [4.78, 5) is 2.14. The van der Waals surface area contributed by atoms with Gasteiger partial charge in [-0.15, -0.1) is 0 Å². The lowest BCUT2D eigenvalue weighted by Gasteiger charge is -2.05. The van der Waals surface area contributed by atoms with Crippen LogP contribution in [0.1, 0.15) is 0 Å². The maximum Gasteiger partial charge on any atom is 0.311 e. The molecule has 0 bridgehead atoms. The van der Waals surface area contributed by atoms with Crippen LogP contribution in [-0.4, -0.2) is 8.76 Å². The minimum Gasteiger partial charge on any atom is -0.382 e. The number of benzene rings is 2. The van der Waals surface area contributed by atoms with E-state index >= 15 is 0 Å². The molecule has 0 amide bonds. The maximum atomic E-state index is 10.9. The Balaban J connectivity index is 2.09. The molecule has 2 aromatic rings. The van der Waals surface area contributed by atoms with Crippen LogP contribution in [0.25, 0.3) is 0 Å². The molecule has 0 radical (unpaired) electrons. The van der Waals surface area contributed by atoms with Crippen molar-refractivity contribution in [2.45, 2.75) is 9.79 Å². The van der Waals surface area contributed by atoms with Crippen molar-refractivity contribution in [3.05, 3.63) is 54.6 Å². The van der Waals surface area contributed by atoms with Crippen LogP contribution in [0, 0.1) is 0 Å². The summed E-state index contributed by atoms with van der Waals surface area (Å²) in [6.07, 6.45) is 0. The molecule has 1 atom stereocenters. The molecular weight excluding hydrogens is 288 g/mol. The third kappa shape index (κ3) is 4.30. The first-order valence-corrected chi connectivity index (χ1v) is 8.21. The van der Waals surface area contributed by atoms with E-state index in [1.165, 1.54) is 0 Å². The van der Waals surface area contributed by atoms with E-state index < -0.39 is 9.05 Å². The number of rotatable bonds is 4. The highest BCUT2D eigenvalue weighted by Crippen LogP contribution is 2.28. The third-order valence-electron chi connectivity index (χ3n) is 2.00. The zero-order valence-corrected chi connectivity index (χ0v) is 11.6. The molecule has 0 heterocycles. The Labute approximate surface area is 115 Å². The first kappa shape index (κ1) is 13.4. The van der Waals surface area contributed by atoms with Gasteiger partial charge in [0.05, 0.1) is 11.2 Å². The minimum atomic E-state index is -3.62. The first-order chi connectivity index (χ1) is 8.53. The van der Waals surface area contributed by atoms with Gasteiger partial charge in [0.15, 0.2) is 0 Å². The molecule has 94 valence electrons. The predicted molar refractivity (Wildman–Crippen MR) is 75.8 cm³/mol. The van der Waals surface area contributed by atoms with E-state index in [4.69, 9.17) is 8.74 Å². The van der Waals surface area contributed by atoms with E-state index in [1.807, 2.05) is 42.5 Å². The zero-order valence-electron chi connectivity index (χ0n) is 9.18. The van der Waals surface area contributed by atoms with Crippen LogP contribution in [0.5, 0.6) is 5.75 Å². The van der Waals surface area contributed by atoms with Gasteiger partial charge in [-0.1, -0.05) is 30.0 Å². The molecule has 0 spiro atoms. The van der Waals surface area contributed by atoms with Gasteiger partial charge in [-0.2, -0.15) is 4.21 Å². The molecule has 1 N–H and O–H groups in total. The first-order valence-electron chi connectivity index (χ1n) is 5.03. The predicted octanol–water partition coefficient (Wildman–Crippen LogP) is 3.35. The van der Waals surface area contributed by atoms with Crippen LogP contribution in [0.2, 0.25) is 0 Å². The van der Waals surface area contributed by atoms with Gasteiger partial charge in [0, 0.05) is 9.79 Å². The second-order valence-electron chi connectivity index (χ2n) is 3.40. The van der Waals surface area contributed by atoms with Crippen LogP contribution < -0.4 is 4.18 Å². The lowest BCUT2D eigenvalue weighted by Crippen LogP contribution is -2.04. The molecule has 3 nitrogen and oxygen atoms in total. The summed E-state index contributed by atoms with van der Waals surface area (Å²) in [5.41, 5.74) is 0. The summed E-state index contributed by atoms with van der Waals surface area (Å²) in [5, 5.41) is 0. The van der Waals surface area contributed by atoms with Crippen LogP contribution in [-0.2, 0) is 20.2 Å². The van der Waals surface area contributed by atoms with Crippen molar-refractivity contribution in [1.29, 1.82) is 0 Å². The Morgan fingerprint density at radius 2 is 1.56 bits per heavy atom. The molecule has 6 heteroatoms. The van der Waals surface area contributed by atoms with Gasteiger partial charge >= 0.3 is 9.05 Å². The molecule has 0 saturated heterocycles. The summed E-state index contributed by atoms with van der Waals surface area (Å²) in [7, 11) is -3.62. The van der Waals surface area contributed by atoms with Crippen molar-refractivity contribution in [3.63, 3.8) is 0 Å². The monoisotopic (exact) mass is 298 g/mol. The van der Waals surface area contributed by atoms with Crippen molar-refractivity contribution in [2.75, 3.05) is 0 Å². The molecular formula is C12H10O3S3. The normalized spacial score (nSPS) is 13.8. The van der Waals surface area contributed by atoms with E-state index in [0.29, 0.717) is 0 Å². The molecule has 2 rings (SSSR count). The van der Waals surface area contributed by atoms with E-state index in [-0.39, 0.29) is 5.75 Å². The molecule has 2 aromatic carbocycles. The molecule has 0 aromatic heterocycles. The highest BCUT2D eigenvalue weighted by Gasteiger charge is 2.03. The van der Waals surface area contributed by atoms with Crippen molar-refractivity contribution < 1.29 is 12.9 Å². The highest BCUT2D eigenvalue weighted by atomic mass is 32.9. The van der Waals surface area contributed by atoms with Crippen molar-refractivity contribution in [3.8, 4) is 5.75 Å². The summed E-state index contributed by atoms with van der Waals surface area (Å²) in [6, 6.07) is 16.8.